The number of benzene rings is 12. The summed E-state index contributed by atoms with van der Waals surface area (Å²) in [5.74, 6) is 0. The molecular weight excluding hydrogens is 1060 g/mol. The van der Waals surface area contributed by atoms with Crippen LogP contribution in [-0.4, -0.2) is 0 Å². The molecule has 0 bridgehead atoms. The van der Waals surface area contributed by atoms with E-state index in [9.17, 15) is 0 Å². The summed E-state index contributed by atoms with van der Waals surface area (Å²) >= 11 is 0. The van der Waals surface area contributed by atoms with Gasteiger partial charge in [-0.25, -0.2) is 0 Å². The Morgan fingerprint density at radius 1 is 0.182 bits per heavy atom. The first-order chi connectivity index (χ1) is 41.4. The lowest BCUT2D eigenvalue weighted by molar-refractivity contribution is 0.568. The van der Waals surface area contributed by atoms with Crippen LogP contribution in [0.5, 0.6) is 0 Å². The van der Waals surface area contributed by atoms with Crippen LogP contribution in [0.1, 0.15) is 158 Å². The highest BCUT2D eigenvalue weighted by Gasteiger charge is 2.36. The van der Waals surface area contributed by atoms with Crippen LogP contribution in [0.25, 0.3) is 153 Å². The number of fused-ring (bicyclic) bond motifs is 11. The van der Waals surface area contributed by atoms with E-state index in [4.69, 9.17) is 0 Å². The molecule has 0 saturated carbocycles. The highest BCUT2D eigenvalue weighted by atomic mass is 14.4. The van der Waals surface area contributed by atoms with Crippen molar-refractivity contribution in [3.05, 3.63) is 215 Å². The van der Waals surface area contributed by atoms with Gasteiger partial charge in [-0.2, -0.15) is 0 Å². The van der Waals surface area contributed by atoms with Gasteiger partial charge in [-0.05, 0) is 243 Å². The quantitative estimate of drug-likeness (QED) is 0.165. The van der Waals surface area contributed by atoms with Crippen molar-refractivity contribution in [2.45, 2.75) is 157 Å². The Morgan fingerprint density at radius 3 is 0.852 bits per heavy atom. The van der Waals surface area contributed by atoms with Crippen molar-refractivity contribution in [2.24, 2.45) is 0 Å². The predicted octanol–water partition coefficient (Wildman–Crippen LogP) is 25.9. The smallest absolute Gasteiger partial charge is 0.000731 e. The van der Waals surface area contributed by atoms with E-state index < -0.39 is 0 Å². The number of rotatable bonds is 4. The fraction of sp³-hybridized carbons (Fsp3) is 0.273. The second-order valence-electron chi connectivity index (χ2n) is 32.5. The molecule has 436 valence electrons. The maximum Gasteiger partial charge on any atom is -0.000731 e. The van der Waals surface area contributed by atoms with Crippen molar-refractivity contribution in [3.8, 4) is 66.8 Å². The molecule has 0 spiro atoms. The van der Waals surface area contributed by atoms with Gasteiger partial charge < -0.3 is 0 Å². The molecule has 0 heteroatoms. The second-order valence-corrected chi connectivity index (χ2v) is 32.5. The monoisotopic (exact) mass is 1140 g/mol. The van der Waals surface area contributed by atoms with E-state index in [1.54, 1.807) is 0 Å². The average molecular weight is 1140 g/mol. The maximum absolute atomic E-state index is 2.62. The summed E-state index contributed by atoms with van der Waals surface area (Å²) in [4.78, 5) is 0. The molecule has 0 aromatic heterocycles. The highest BCUT2D eigenvalue weighted by molar-refractivity contribution is 6.43. The molecule has 88 heavy (non-hydrogen) atoms. The van der Waals surface area contributed by atoms with E-state index in [-0.39, 0.29) is 32.5 Å². The minimum absolute atomic E-state index is 0.0599. The van der Waals surface area contributed by atoms with Gasteiger partial charge >= 0.3 is 0 Å². The van der Waals surface area contributed by atoms with Gasteiger partial charge in [0.1, 0.15) is 0 Å². The predicted molar refractivity (Wildman–Crippen MR) is 387 cm³/mol. The Labute approximate surface area is 522 Å². The van der Waals surface area contributed by atoms with Gasteiger partial charge in [-0.15, -0.1) is 0 Å². The van der Waals surface area contributed by atoms with E-state index >= 15 is 0 Å². The van der Waals surface area contributed by atoms with Gasteiger partial charge in [0.2, 0.25) is 0 Å². The summed E-state index contributed by atoms with van der Waals surface area (Å²) in [6.45, 7) is 42.7. The molecule has 0 amide bonds. The number of hydrogen-bond acceptors (Lipinski definition) is 0. The first kappa shape index (κ1) is 56.2. The Kier molecular flexibility index (Phi) is 11.9. The average Bonchev–Trinajstić information content (AvgIpc) is 1.52. The first-order valence-corrected chi connectivity index (χ1v) is 32.4. The minimum Gasteiger partial charge on any atom is -0.0622 e. The molecule has 0 heterocycles. The van der Waals surface area contributed by atoms with Gasteiger partial charge in [0, 0.05) is 0 Å². The van der Waals surface area contributed by atoms with Gasteiger partial charge in [0.15, 0.2) is 0 Å². The fourth-order valence-electron chi connectivity index (χ4n) is 15.3. The van der Waals surface area contributed by atoms with Crippen molar-refractivity contribution < 1.29 is 0 Å². The van der Waals surface area contributed by atoms with E-state index in [1.807, 2.05) is 0 Å². The molecule has 0 radical (unpaired) electrons. The second kappa shape index (κ2) is 18.6. The third-order valence-corrected chi connectivity index (χ3v) is 20.3. The third-order valence-electron chi connectivity index (χ3n) is 20.3. The molecule has 0 N–H and O–H groups in total. The zero-order chi connectivity index (χ0) is 61.8. The summed E-state index contributed by atoms with van der Waals surface area (Å²) < 4.78 is 0. The summed E-state index contributed by atoms with van der Waals surface area (Å²) in [6.07, 6.45) is 0. The van der Waals surface area contributed by atoms with Crippen molar-refractivity contribution >= 4 is 86.2 Å². The zero-order valence-corrected chi connectivity index (χ0v) is 55.3. The Balaban J connectivity index is 1.13. The maximum atomic E-state index is 2.62. The zero-order valence-electron chi connectivity index (χ0n) is 55.3. The lowest BCUT2D eigenvalue weighted by atomic mass is 9.75. The van der Waals surface area contributed by atoms with Crippen LogP contribution in [0, 0.1) is 0 Å². The Morgan fingerprint density at radius 2 is 0.511 bits per heavy atom. The van der Waals surface area contributed by atoms with E-state index in [2.05, 4.69) is 307 Å². The molecule has 14 aromatic rings. The normalized spacial score (nSPS) is 13.6. The largest absolute Gasteiger partial charge is 0.0622 e. The molecular formula is C88H84. The standard InChI is InChI=1S/C88H84/c1-83(2,3)54-39-52(40-55(43-54)84(4,5)6)75-60-31-25-26-32-61(60)76(53-41-56(85(7,8)9)44-57(42-53)86(10,11)12)80-65-36-34-63-67-48-69-68(47-66(67)62-33-35-64(79(75)80)78(65)77(62)63)73(49-27-21-19-22-28-49)81-70-45-58(87(13,14)15)37-51-38-59(88(16,17)18)46-71(72(51)70)82(81)74(69)50-29-23-20-24-30-50/h19-48H,1-18H3. The van der Waals surface area contributed by atoms with Gasteiger partial charge in [-0.1, -0.05) is 282 Å². The van der Waals surface area contributed by atoms with Crippen LogP contribution in [0.3, 0.4) is 0 Å². The molecule has 1 aliphatic carbocycles. The van der Waals surface area contributed by atoms with Gasteiger partial charge in [0.05, 0.1) is 0 Å². The molecule has 15 rings (SSSR count). The first-order valence-electron chi connectivity index (χ1n) is 32.4. The van der Waals surface area contributed by atoms with Crippen molar-refractivity contribution in [3.63, 3.8) is 0 Å². The number of hydrogen-bond donors (Lipinski definition) is 0. The van der Waals surface area contributed by atoms with Gasteiger partial charge in [0.25, 0.3) is 0 Å². The van der Waals surface area contributed by atoms with Crippen LogP contribution in [0.4, 0.5) is 0 Å². The summed E-state index contributed by atoms with van der Waals surface area (Å²) in [5.41, 5.74) is 23.5. The molecule has 1 aliphatic rings. The summed E-state index contributed by atoms with van der Waals surface area (Å²) in [6, 6.07) is 72.6. The topological polar surface area (TPSA) is 0 Å². The molecule has 0 saturated heterocycles. The van der Waals surface area contributed by atoms with Crippen molar-refractivity contribution in [1.82, 2.24) is 0 Å². The molecule has 14 aromatic carbocycles. The van der Waals surface area contributed by atoms with Crippen LogP contribution in [0.15, 0.2) is 182 Å². The van der Waals surface area contributed by atoms with Gasteiger partial charge in [-0.3, -0.25) is 0 Å². The van der Waals surface area contributed by atoms with Crippen molar-refractivity contribution in [1.29, 1.82) is 0 Å². The molecule has 0 atom stereocenters. The van der Waals surface area contributed by atoms with E-state index in [0.717, 1.165) is 0 Å². The van der Waals surface area contributed by atoms with Crippen LogP contribution in [-0.2, 0) is 32.5 Å². The molecule has 0 aliphatic heterocycles. The van der Waals surface area contributed by atoms with Crippen LogP contribution in [0.2, 0.25) is 0 Å². The van der Waals surface area contributed by atoms with Crippen LogP contribution < -0.4 is 0 Å². The molecule has 0 nitrogen and oxygen atoms in total. The van der Waals surface area contributed by atoms with E-state index in [0.29, 0.717) is 0 Å². The molecule has 0 fully saturated rings. The third kappa shape index (κ3) is 8.44. The minimum atomic E-state index is -0.0606. The fourth-order valence-corrected chi connectivity index (χ4v) is 15.3. The summed E-state index contributed by atoms with van der Waals surface area (Å²) in [5, 5.41) is 21.3. The lowest BCUT2D eigenvalue weighted by Gasteiger charge is -2.29. The SMILES string of the molecule is CC(C)(C)c1cc(-c2c3c(c(-c4cc(C(C)(C)C)cc(C(C)(C)C)c4)c4ccccc24)-c2ccc4c5cc6c(-c7ccccc7)c7c8cc(C(C)(C)C)cc9cc(C(C)(C)C)cc(c7c(-c7ccccc7)c6cc5c5ccc-3c2c54)c98)cc(C(C)(C)C)c1. The summed E-state index contributed by atoms with van der Waals surface area (Å²) in [7, 11) is 0. The Hall–Kier alpha value is -8.32. The Bertz CT molecular complexity index is 4860. The van der Waals surface area contributed by atoms with E-state index in [1.165, 1.54) is 186 Å². The van der Waals surface area contributed by atoms with Crippen LogP contribution >= 0.6 is 0 Å². The highest BCUT2D eigenvalue weighted by Crippen LogP contribution is 2.62. The van der Waals surface area contributed by atoms with Crippen molar-refractivity contribution in [2.75, 3.05) is 0 Å². The lowest BCUT2D eigenvalue weighted by Crippen LogP contribution is -2.17. The molecule has 0 unspecified atom stereocenters.